The Kier molecular flexibility index (Phi) is 5.72. The van der Waals surface area contributed by atoms with Gasteiger partial charge in [-0.15, -0.1) is 0 Å². The minimum Gasteiger partial charge on any atom is -0.413 e. The van der Waals surface area contributed by atoms with E-state index < -0.39 is 8.32 Å². The Labute approximate surface area is 142 Å². The molecule has 4 heteroatoms. The smallest absolute Gasteiger partial charge is 0.192 e. The zero-order chi connectivity index (χ0) is 17.3. The van der Waals surface area contributed by atoms with Crippen LogP contribution in [-0.2, 0) is 9.16 Å². The largest absolute Gasteiger partial charge is 0.413 e. The van der Waals surface area contributed by atoms with E-state index in [1.807, 2.05) is 6.07 Å². The van der Waals surface area contributed by atoms with Crippen LogP contribution in [0.25, 0.3) is 0 Å². The second-order valence-electron chi connectivity index (χ2n) is 8.22. The Balaban J connectivity index is 2.04. The molecule has 23 heavy (non-hydrogen) atoms. The van der Waals surface area contributed by atoms with Crippen molar-refractivity contribution in [1.29, 1.82) is 0 Å². The molecule has 2 rings (SSSR count). The van der Waals surface area contributed by atoms with Crippen LogP contribution in [0, 0.1) is 5.92 Å². The summed E-state index contributed by atoms with van der Waals surface area (Å²) in [4.78, 5) is 0. The van der Waals surface area contributed by atoms with E-state index in [1.54, 1.807) is 0 Å². The molecule has 1 aromatic carbocycles. The quantitative estimate of drug-likeness (QED) is 0.587. The van der Waals surface area contributed by atoms with Crippen LogP contribution in [-0.4, -0.2) is 32.2 Å². The molecule has 130 valence electrons. The lowest BCUT2D eigenvalue weighted by Crippen LogP contribution is -2.46. The molecule has 0 amide bonds. The molecule has 0 aliphatic carbocycles. The number of hydrogen-bond donors (Lipinski definition) is 1. The zero-order valence-electron chi connectivity index (χ0n) is 15.4. The van der Waals surface area contributed by atoms with Crippen molar-refractivity contribution in [2.24, 2.45) is 5.92 Å². The highest BCUT2D eigenvalue weighted by Gasteiger charge is 2.48. The van der Waals surface area contributed by atoms with Crippen LogP contribution >= 0.6 is 0 Å². The van der Waals surface area contributed by atoms with E-state index in [-0.39, 0.29) is 35.9 Å². The molecule has 1 fully saturated rings. The van der Waals surface area contributed by atoms with Gasteiger partial charge in [-0.3, -0.25) is 0 Å². The topological polar surface area (TPSA) is 42.0 Å². The molecule has 1 saturated heterocycles. The van der Waals surface area contributed by atoms with Gasteiger partial charge in [-0.05, 0) is 30.1 Å². The van der Waals surface area contributed by atoms with E-state index in [0.717, 1.165) is 0 Å². The fourth-order valence-corrected chi connectivity index (χ4v) is 4.20. The first-order valence-electron chi connectivity index (χ1n) is 8.66. The molecule has 0 radical (unpaired) electrons. The lowest BCUT2D eigenvalue weighted by atomic mass is 9.94. The van der Waals surface area contributed by atoms with Gasteiger partial charge in [-0.25, -0.2) is 0 Å². The SMILES string of the molecule is C[C@@H]([C@H]1O[C@@H]1c1ccccc1)[C@H](CCO)O[Si](C)(C)C(C)(C)C. The van der Waals surface area contributed by atoms with Gasteiger partial charge in [-0.2, -0.15) is 0 Å². The van der Waals surface area contributed by atoms with Gasteiger partial charge in [0, 0.05) is 12.5 Å². The standard InChI is InChI=1S/C19H32O3Si/c1-14(17-18(21-17)15-10-8-7-9-11-15)16(12-13-20)22-23(5,6)19(2,3)4/h7-11,14,16-18,20H,12-13H2,1-6H3/t14-,16+,17-,18-/m1/s1. The van der Waals surface area contributed by atoms with E-state index in [1.165, 1.54) is 5.56 Å². The summed E-state index contributed by atoms with van der Waals surface area (Å²) >= 11 is 0. The van der Waals surface area contributed by atoms with Crippen molar-refractivity contribution in [2.75, 3.05) is 6.61 Å². The summed E-state index contributed by atoms with van der Waals surface area (Å²) in [6.45, 7) is 13.6. The third-order valence-corrected chi connectivity index (χ3v) is 9.93. The molecule has 1 aromatic rings. The summed E-state index contributed by atoms with van der Waals surface area (Å²) in [5, 5.41) is 9.64. The number of hydrogen-bond acceptors (Lipinski definition) is 3. The first-order valence-corrected chi connectivity index (χ1v) is 11.6. The van der Waals surface area contributed by atoms with Crippen LogP contribution in [0.5, 0.6) is 0 Å². The van der Waals surface area contributed by atoms with Crippen LogP contribution in [0.4, 0.5) is 0 Å². The molecule has 4 atom stereocenters. The second-order valence-corrected chi connectivity index (χ2v) is 13.0. The zero-order valence-corrected chi connectivity index (χ0v) is 16.4. The highest BCUT2D eigenvalue weighted by Crippen LogP contribution is 2.46. The average Bonchev–Trinajstić information content (AvgIpc) is 3.26. The highest BCUT2D eigenvalue weighted by molar-refractivity contribution is 6.74. The minimum atomic E-state index is -1.85. The molecule has 1 aliphatic heterocycles. The molecule has 1 aliphatic rings. The van der Waals surface area contributed by atoms with Gasteiger partial charge in [0.2, 0.25) is 0 Å². The maximum absolute atomic E-state index is 9.46. The van der Waals surface area contributed by atoms with Crippen molar-refractivity contribution in [1.82, 2.24) is 0 Å². The lowest BCUT2D eigenvalue weighted by Gasteiger charge is -2.40. The Hall–Kier alpha value is -0.683. The molecule has 1 heterocycles. The molecule has 0 bridgehead atoms. The molecule has 3 nitrogen and oxygen atoms in total. The number of aliphatic hydroxyl groups is 1. The van der Waals surface area contributed by atoms with Crippen LogP contribution in [0.2, 0.25) is 18.1 Å². The maximum atomic E-state index is 9.46. The van der Waals surface area contributed by atoms with Crippen LogP contribution in [0.15, 0.2) is 30.3 Å². The predicted molar refractivity (Wildman–Crippen MR) is 97.0 cm³/mol. The van der Waals surface area contributed by atoms with Crippen molar-refractivity contribution in [3.05, 3.63) is 35.9 Å². The second kappa shape index (κ2) is 7.05. The Morgan fingerprint density at radius 3 is 2.35 bits per heavy atom. The first kappa shape index (κ1) is 18.7. The van der Waals surface area contributed by atoms with Gasteiger partial charge in [0.05, 0.1) is 12.2 Å². The predicted octanol–water partition coefficient (Wildman–Crippen LogP) is 4.54. The van der Waals surface area contributed by atoms with Crippen molar-refractivity contribution in [3.8, 4) is 0 Å². The number of rotatable bonds is 7. The van der Waals surface area contributed by atoms with Crippen molar-refractivity contribution < 1.29 is 14.3 Å². The lowest BCUT2D eigenvalue weighted by molar-refractivity contribution is 0.0809. The van der Waals surface area contributed by atoms with E-state index in [0.29, 0.717) is 6.42 Å². The molecule has 0 aromatic heterocycles. The van der Waals surface area contributed by atoms with Gasteiger partial charge in [0.25, 0.3) is 0 Å². The molecule has 1 N–H and O–H groups in total. The van der Waals surface area contributed by atoms with E-state index in [4.69, 9.17) is 9.16 Å². The third-order valence-electron chi connectivity index (χ3n) is 5.42. The maximum Gasteiger partial charge on any atom is 0.192 e. The van der Waals surface area contributed by atoms with E-state index >= 15 is 0 Å². The third kappa shape index (κ3) is 4.44. The van der Waals surface area contributed by atoms with Crippen LogP contribution < -0.4 is 0 Å². The Morgan fingerprint density at radius 1 is 1.22 bits per heavy atom. The number of ether oxygens (including phenoxy) is 1. The monoisotopic (exact) mass is 336 g/mol. The fraction of sp³-hybridized carbons (Fsp3) is 0.684. The summed E-state index contributed by atoms with van der Waals surface area (Å²) in [6.07, 6.45) is 1.10. The van der Waals surface area contributed by atoms with Gasteiger partial charge >= 0.3 is 0 Å². The molecular formula is C19H32O3Si. The van der Waals surface area contributed by atoms with Crippen LogP contribution in [0.3, 0.4) is 0 Å². The van der Waals surface area contributed by atoms with Gasteiger partial charge in [0.15, 0.2) is 8.32 Å². The number of benzene rings is 1. The minimum absolute atomic E-state index is 0.0552. The fourth-order valence-electron chi connectivity index (χ4n) is 2.76. The summed E-state index contributed by atoms with van der Waals surface area (Å²) < 4.78 is 12.5. The van der Waals surface area contributed by atoms with Crippen molar-refractivity contribution >= 4 is 8.32 Å². The summed E-state index contributed by atoms with van der Waals surface area (Å²) in [7, 11) is -1.85. The summed E-state index contributed by atoms with van der Waals surface area (Å²) in [6, 6.07) is 10.4. The number of aliphatic hydroxyl groups excluding tert-OH is 1. The van der Waals surface area contributed by atoms with E-state index in [9.17, 15) is 5.11 Å². The Bertz CT molecular complexity index is 495. The molecule has 0 unspecified atom stereocenters. The molecule has 0 saturated carbocycles. The molecule has 0 spiro atoms. The highest BCUT2D eigenvalue weighted by atomic mass is 28.4. The van der Waals surface area contributed by atoms with E-state index in [2.05, 4.69) is 65.1 Å². The van der Waals surface area contributed by atoms with Crippen molar-refractivity contribution in [3.63, 3.8) is 0 Å². The first-order chi connectivity index (χ1) is 10.7. The normalized spacial score (nSPS) is 24.3. The average molecular weight is 337 g/mol. The molecular weight excluding hydrogens is 304 g/mol. The van der Waals surface area contributed by atoms with Crippen molar-refractivity contribution in [2.45, 2.75) is 70.6 Å². The summed E-state index contributed by atoms with van der Waals surface area (Å²) in [5.74, 6) is 0.279. The number of epoxide rings is 1. The Morgan fingerprint density at radius 2 is 1.83 bits per heavy atom. The van der Waals surface area contributed by atoms with Crippen LogP contribution in [0.1, 0.15) is 45.8 Å². The summed E-state index contributed by atoms with van der Waals surface area (Å²) in [5.41, 5.74) is 1.24. The van der Waals surface area contributed by atoms with Gasteiger partial charge in [-0.1, -0.05) is 58.0 Å². The van der Waals surface area contributed by atoms with Gasteiger partial charge < -0.3 is 14.3 Å². The van der Waals surface area contributed by atoms with Gasteiger partial charge in [0.1, 0.15) is 6.10 Å².